The van der Waals surface area contributed by atoms with Crippen LogP contribution in [0, 0.1) is 0 Å². The lowest BCUT2D eigenvalue weighted by Crippen LogP contribution is -2.53. The topological polar surface area (TPSA) is 89.2 Å². The Morgan fingerprint density at radius 2 is 1.76 bits per heavy atom. The van der Waals surface area contributed by atoms with Gasteiger partial charge in [-0.25, -0.2) is 4.99 Å². The molecule has 0 fully saturated rings. The molecule has 0 unspecified atom stereocenters. The molecule has 0 spiro atoms. The van der Waals surface area contributed by atoms with Crippen LogP contribution in [0.25, 0.3) is 0 Å². The fourth-order valence-corrected chi connectivity index (χ4v) is 2.45. The maximum absolute atomic E-state index is 6.10. The first-order valence-electron chi connectivity index (χ1n) is 5.97. The number of benzene rings is 1. The van der Waals surface area contributed by atoms with Crippen molar-refractivity contribution >= 4 is 46.7 Å². The normalized spacial score (nSPS) is 17.5. The molecule has 4 N–H and O–H groups in total. The molecule has 0 atom stereocenters. The number of hydroxylamine groups is 2. The van der Waals surface area contributed by atoms with Crippen molar-refractivity contribution in [2.75, 3.05) is 0 Å². The molecule has 1 aliphatic rings. The molecular weight excluding hydrogens is 337 g/mol. The summed E-state index contributed by atoms with van der Waals surface area (Å²) in [6, 6.07) is 3.19. The van der Waals surface area contributed by atoms with Crippen molar-refractivity contribution in [1.29, 1.82) is 0 Å². The first-order valence-corrected chi connectivity index (χ1v) is 7.10. The van der Waals surface area contributed by atoms with Gasteiger partial charge in [0, 0.05) is 10.6 Å². The molecule has 114 valence electrons. The van der Waals surface area contributed by atoms with Crippen molar-refractivity contribution in [1.82, 2.24) is 5.06 Å². The van der Waals surface area contributed by atoms with Crippen molar-refractivity contribution < 1.29 is 4.84 Å². The summed E-state index contributed by atoms with van der Waals surface area (Å²) in [5.74, 6) is 0.216. The molecule has 21 heavy (non-hydrogen) atoms. The first kappa shape index (κ1) is 16.2. The summed E-state index contributed by atoms with van der Waals surface area (Å²) in [5, 5.41) is 2.57. The number of nitrogens with zero attached hydrogens (tertiary/aromatic N) is 3. The van der Waals surface area contributed by atoms with Crippen molar-refractivity contribution in [2.24, 2.45) is 21.5 Å². The van der Waals surface area contributed by atoms with Gasteiger partial charge in [0.15, 0.2) is 5.66 Å². The number of nitrogens with two attached hydrogens (primary N) is 2. The predicted molar refractivity (Wildman–Crippen MR) is 85.4 cm³/mol. The number of hydrogen-bond acceptors (Lipinski definition) is 6. The summed E-state index contributed by atoms with van der Waals surface area (Å²) in [4.78, 5) is 13.7. The predicted octanol–water partition coefficient (Wildman–Crippen LogP) is 2.76. The summed E-state index contributed by atoms with van der Waals surface area (Å²) in [7, 11) is 0. The Morgan fingerprint density at radius 3 is 2.38 bits per heavy atom. The fraction of sp³-hybridized carbons (Fsp3) is 0.333. The van der Waals surface area contributed by atoms with E-state index in [2.05, 4.69) is 9.98 Å². The Bertz CT molecular complexity index is 630. The van der Waals surface area contributed by atoms with Crippen LogP contribution >= 0.6 is 34.8 Å². The lowest BCUT2D eigenvalue weighted by molar-refractivity contribution is -0.166. The molecule has 2 rings (SSSR count). The third-order valence-electron chi connectivity index (χ3n) is 2.76. The Labute approximate surface area is 137 Å². The van der Waals surface area contributed by atoms with Crippen LogP contribution in [0.2, 0.25) is 15.1 Å². The summed E-state index contributed by atoms with van der Waals surface area (Å²) >= 11 is 17.9. The maximum Gasteiger partial charge on any atom is 0.226 e. The first-order chi connectivity index (χ1) is 9.70. The van der Waals surface area contributed by atoms with Crippen molar-refractivity contribution in [3.63, 3.8) is 0 Å². The summed E-state index contributed by atoms with van der Waals surface area (Å²) in [5.41, 5.74) is 11.3. The van der Waals surface area contributed by atoms with E-state index in [0.29, 0.717) is 20.6 Å². The van der Waals surface area contributed by atoms with Crippen LogP contribution in [0.15, 0.2) is 22.1 Å². The summed E-state index contributed by atoms with van der Waals surface area (Å²) < 4.78 is 0. The van der Waals surface area contributed by atoms with E-state index in [0.717, 1.165) is 0 Å². The average Bonchev–Trinajstić information content (AvgIpc) is 2.32. The van der Waals surface area contributed by atoms with Gasteiger partial charge in [-0.15, -0.1) is 0 Å². The summed E-state index contributed by atoms with van der Waals surface area (Å²) in [6.45, 7) is 3.71. The quantitative estimate of drug-likeness (QED) is 0.820. The number of rotatable bonds is 3. The van der Waals surface area contributed by atoms with Gasteiger partial charge in [-0.2, -0.15) is 10.1 Å². The van der Waals surface area contributed by atoms with Gasteiger partial charge in [0.25, 0.3) is 0 Å². The molecule has 9 heteroatoms. The highest BCUT2D eigenvalue weighted by atomic mass is 35.5. The minimum absolute atomic E-state index is 0.102. The third-order valence-corrected chi connectivity index (χ3v) is 3.83. The number of guanidine groups is 2. The van der Waals surface area contributed by atoms with E-state index in [4.69, 9.17) is 51.1 Å². The second kappa shape index (κ2) is 5.88. The number of halogens is 3. The molecule has 0 aromatic heterocycles. The molecule has 0 radical (unpaired) electrons. The third kappa shape index (κ3) is 3.52. The fourth-order valence-electron chi connectivity index (χ4n) is 1.83. The Hall–Kier alpha value is -1.21. The van der Waals surface area contributed by atoms with Crippen LogP contribution in [-0.2, 0) is 11.4 Å². The van der Waals surface area contributed by atoms with Gasteiger partial charge in [-0.3, -0.25) is 4.84 Å². The Morgan fingerprint density at radius 1 is 1.14 bits per heavy atom. The molecule has 1 aromatic rings. The van der Waals surface area contributed by atoms with Crippen molar-refractivity contribution in [2.45, 2.75) is 26.1 Å². The smallest absolute Gasteiger partial charge is 0.226 e. The van der Waals surface area contributed by atoms with Crippen molar-refractivity contribution in [3.8, 4) is 0 Å². The van der Waals surface area contributed by atoms with Crippen LogP contribution in [0.3, 0.4) is 0 Å². The zero-order valence-electron chi connectivity index (χ0n) is 11.4. The molecule has 1 aromatic carbocycles. The zero-order chi connectivity index (χ0) is 15.8. The van der Waals surface area contributed by atoms with Gasteiger partial charge in [-0.05, 0) is 26.0 Å². The molecule has 0 aliphatic carbocycles. The standard InChI is InChI=1S/C12H14Cl3N5O/c1-12(2)19-10(16)18-11(17)20(12)21-5-6-3-8(14)9(15)4-7(6)13/h3-4H,5H2,1-2H3,(H4,16,17,18,19). The highest BCUT2D eigenvalue weighted by Gasteiger charge is 2.33. The van der Waals surface area contributed by atoms with E-state index in [1.807, 2.05) is 0 Å². The average molecular weight is 351 g/mol. The van der Waals surface area contributed by atoms with Gasteiger partial charge in [0.1, 0.15) is 6.61 Å². The van der Waals surface area contributed by atoms with E-state index in [-0.39, 0.29) is 18.5 Å². The van der Waals surface area contributed by atoms with Gasteiger partial charge in [0.05, 0.1) is 10.0 Å². The highest BCUT2D eigenvalue weighted by Crippen LogP contribution is 2.30. The molecule has 0 saturated carbocycles. The van der Waals surface area contributed by atoms with Crippen LogP contribution in [0.1, 0.15) is 19.4 Å². The molecule has 0 amide bonds. The lowest BCUT2D eigenvalue weighted by atomic mass is 10.2. The molecule has 1 heterocycles. The highest BCUT2D eigenvalue weighted by molar-refractivity contribution is 6.43. The Balaban J connectivity index is 2.17. The van der Waals surface area contributed by atoms with Crippen LogP contribution in [-0.4, -0.2) is 22.6 Å². The maximum atomic E-state index is 6.10. The van der Waals surface area contributed by atoms with E-state index in [1.54, 1.807) is 26.0 Å². The van der Waals surface area contributed by atoms with E-state index in [9.17, 15) is 0 Å². The molecule has 0 bridgehead atoms. The zero-order valence-corrected chi connectivity index (χ0v) is 13.7. The van der Waals surface area contributed by atoms with Gasteiger partial charge >= 0.3 is 0 Å². The van der Waals surface area contributed by atoms with Crippen LogP contribution in [0.4, 0.5) is 0 Å². The second-order valence-corrected chi connectivity index (χ2v) is 6.08. The second-order valence-electron chi connectivity index (χ2n) is 4.86. The van der Waals surface area contributed by atoms with Crippen LogP contribution < -0.4 is 11.5 Å². The van der Waals surface area contributed by atoms with E-state index >= 15 is 0 Å². The monoisotopic (exact) mass is 349 g/mol. The van der Waals surface area contributed by atoms with Gasteiger partial charge in [-0.1, -0.05) is 34.8 Å². The van der Waals surface area contributed by atoms with Gasteiger partial charge < -0.3 is 11.5 Å². The Kier molecular flexibility index (Phi) is 4.53. The SMILES string of the molecule is CC1(C)N=C(N)N=C(N)N1OCc1cc(Cl)c(Cl)cc1Cl. The summed E-state index contributed by atoms with van der Waals surface area (Å²) in [6.07, 6.45) is 0. The van der Waals surface area contributed by atoms with E-state index in [1.165, 1.54) is 5.06 Å². The van der Waals surface area contributed by atoms with Crippen LogP contribution in [0.5, 0.6) is 0 Å². The van der Waals surface area contributed by atoms with Crippen molar-refractivity contribution in [3.05, 3.63) is 32.8 Å². The molecule has 6 nitrogen and oxygen atoms in total. The number of aliphatic imine (C=N–C) groups is 2. The molecule has 1 aliphatic heterocycles. The molecular formula is C12H14Cl3N5O. The minimum Gasteiger partial charge on any atom is -0.368 e. The number of hydrogen-bond donors (Lipinski definition) is 2. The minimum atomic E-state index is -0.779. The lowest BCUT2D eigenvalue weighted by Gasteiger charge is -2.36. The molecule has 0 saturated heterocycles. The largest absolute Gasteiger partial charge is 0.368 e. The van der Waals surface area contributed by atoms with E-state index < -0.39 is 5.66 Å². The van der Waals surface area contributed by atoms with Gasteiger partial charge in [0.2, 0.25) is 11.9 Å².